The summed E-state index contributed by atoms with van der Waals surface area (Å²) in [5, 5.41) is 32.3. The summed E-state index contributed by atoms with van der Waals surface area (Å²) in [6.45, 7) is -1.04. The molecule has 10 nitrogen and oxygen atoms in total. The van der Waals surface area contributed by atoms with E-state index in [9.17, 15) is 28.2 Å². The number of nitrogens with one attached hydrogen (secondary N) is 3. The van der Waals surface area contributed by atoms with Crippen molar-refractivity contribution in [3.8, 4) is 5.88 Å². The van der Waals surface area contributed by atoms with Crippen molar-refractivity contribution in [2.24, 2.45) is 0 Å². The SMILES string of the molecule is CC(C)(O)[C@@H](NC(=O)Nc1cc2[nH]nc(OCCOC(F)F)c2c(CO)n1)c1ccc(F)cc1. The topological polar surface area (TPSA) is 142 Å². The van der Waals surface area contributed by atoms with E-state index in [1.54, 1.807) is 0 Å². The number of aromatic nitrogens is 3. The molecule has 0 aliphatic carbocycles. The number of amides is 2. The number of carbonyl (C=O) groups is 1. The highest BCUT2D eigenvalue weighted by Gasteiger charge is 2.30. The van der Waals surface area contributed by atoms with Gasteiger partial charge in [-0.3, -0.25) is 10.4 Å². The van der Waals surface area contributed by atoms with Crippen molar-refractivity contribution >= 4 is 22.8 Å². The van der Waals surface area contributed by atoms with Crippen molar-refractivity contribution in [1.29, 1.82) is 0 Å². The maximum absolute atomic E-state index is 13.3. The summed E-state index contributed by atoms with van der Waals surface area (Å²) in [7, 11) is 0. The van der Waals surface area contributed by atoms with Crippen LogP contribution in [0.15, 0.2) is 30.3 Å². The minimum absolute atomic E-state index is 0.0267. The van der Waals surface area contributed by atoms with Crippen LogP contribution in [0.4, 0.5) is 23.8 Å². The summed E-state index contributed by atoms with van der Waals surface area (Å²) in [4.78, 5) is 16.8. The number of aromatic amines is 1. The zero-order chi connectivity index (χ0) is 24.9. The molecule has 0 saturated carbocycles. The van der Waals surface area contributed by atoms with Crippen LogP contribution >= 0.6 is 0 Å². The van der Waals surface area contributed by atoms with Crippen LogP contribution < -0.4 is 15.4 Å². The van der Waals surface area contributed by atoms with E-state index in [0.717, 1.165) is 0 Å². The number of aliphatic hydroxyl groups is 2. The minimum Gasteiger partial charge on any atom is -0.474 e. The molecule has 3 aromatic rings. The number of pyridine rings is 1. The maximum Gasteiger partial charge on any atom is 0.345 e. The van der Waals surface area contributed by atoms with Gasteiger partial charge in [0.2, 0.25) is 5.88 Å². The molecule has 0 fully saturated rings. The molecule has 1 aromatic carbocycles. The molecule has 1 atom stereocenters. The van der Waals surface area contributed by atoms with Gasteiger partial charge in [0.15, 0.2) is 0 Å². The molecule has 2 amide bonds. The van der Waals surface area contributed by atoms with Gasteiger partial charge in [0.25, 0.3) is 0 Å². The molecule has 0 aliphatic heterocycles. The molecule has 0 spiro atoms. The van der Waals surface area contributed by atoms with Gasteiger partial charge < -0.3 is 25.0 Å². The van der Waals surface area contributed by atoms with Crippen LogP contribution in [-0.2, 0) is 11.3 Å². The summed E-state index contributed by atoms with van der Waals surface area (Å²) in [5.41, 5.74) is -0.429. The standard InChI is InChI=1S/C21H24F3N5O5/c1-21(2,32)17(11-3-5-12(22)6-4-11)27-20(31)26-15-9-13-16(14(10-30)25-15)18(29-28-13)33-7-8-34-19(23)24/h3-6,9,17,19,30,32H,7-8,10H2,1-2H3,(H,28,29)(H2,25,26,27,31)/t17-/m0/s1. The Bertz CT molecular complexity index is 1120. The molecule has 34 heavy (non-hydrogen) atoms. The molecule has 13 heteroatoms. The van der Waals surface area contributed by atoms with Crippen LogP contribution in [0.1, 0.15) is 31.1 Å². The second-order valence-corrected chi connectivity index (χ2v) is 7.78. The Labute approximate surface area is 192 Å². The van der Waals surface area contributed by atoms with Gasteiger partial charge >= 0.3 is 12.6 Å². The molecule has 0 unspecified atom stereocenters. The summed E-state index contributed by atoms with van der Waals surface area (Å²) < 4.78 is 46.8. The number of aliphatic hydroxyl groups excluding tert-OH is 1. The Morgan fingerprint density at radius 1 is 1.24 bits per heavy atom. The van der Waals surface area contributed by atoms with Gasteiger partial charge in [-0.05, 0) is 31.5 Å². The Hall–Kier alpha value is -3.42. The van der Waals surface area contributed by atoms with Crippen LogP contribution in [0.5, 0.6) is 5.88 Å². The maximum atomic E-state index is 13.3. The Morgan fingerprint density at radius 2 is 1.94 bits per heavy atom. The van der Waals surface area contributed by atoms with E-state index in [4.69, 9.17) is 4.74 Å². The molecule has 2 heterocycles. The quantitative estimate of drug-likeness (QED) is 0.279. The monoisotopic (exact) mass is 483 g/mol. The third kappa shape index (κ3) is 6.34. The number of rotatable bonds is 10. The average molecular weight is 483 g/mol. The number of ether oxygens (including phenoxy) is 2. The number of hydrogen-bond acceptors (Lipinski definition) is 7. The molecule has 0 radical (unpaired) electrons. The number of urea groups is 1. The predicted molar refractivity (Wildman–Crippen MR) is 115 cm³/mol. The number of nitrogens with zero attached hydrogens (tertiary/aromatic N) is 2. The molecule has 184 valence electrons. The average Bonchev–Trinajstić information content (AvgIpc) is 3.17. The first kappa shape index (κ1) is 25.2. The highest BCUT2D eigenvalue weighted by molar-refractivity contribution is 5.93. The summed E-state index contributed by atoms with van der Waals surface area (Å²) in [5.74, 6) is -0.376. The summed E-state index contributed by atoms with van der Waals surface area (Å²) in [6, 6.07) is 5.17. The van der Waals surface area contributed by atoms with E-state index in [1.165, 1.54) is 44.2 Å². The zero-order valence-corrected chi connectivity index (χ0v) is 18.3. The van der Waals surface area contributed by atoms with Crippen LogP contribution in [-0.4, -0.2) is 56.9 Å². The van der Waals surface area contributed by atoms with Crippen LogP contribution in [0.2, 0.25) is 0 Å². The van der Waals surface area contributed by atoms with E-state index >= 15 is 0 Å². The number of benzene rings is 1. The number of carbonyl (C=O) groups excluding carboxylic acids is 1. The fourth-order valence-electron chi connectivity index (χ4n) is 3.26. The van der Waals surface area contributed by atoms with Crippen molar-refractivity contribution in [2.45, 2.75) is 38.7 Å². The first-order valence-corrected chi connectivity index (χ1v) is 10.1. The number of fused-ring (bicyclic) bond motifs is 1. The van der Waals surface area contributed by atoms with Gasteiger partial charge in [-0.15, -0.1) is 5.10 Å². The third-order valence-corrected chi connectivity index (χ3v) is 4.73. The zero-order valence-electron chi connectivity index (χ0n) is 18.3. The molecular formula is C21H24F3N5O5. The van der Waals surface area contributed by atoms with E-state index in [0.29, 0.717) is 16.5 Å². The molecule has 0 aliphatic rings. The molecular weight excluding hydrogens is 459 g/mol. The van der Waals surface area contributed by atoms with E-state index in [2.05, 4.69) is 30.6 Å². The van der Waals surface area contributed by atoms with Gasteiger partial charge in [-0.25, -0.2) is 14.2 Å². The fraction of sp³-hybridized carbons (Fsp3) is 0.381. The van der Waals surface area contributed by atoms with Crippen molar-refractivity contribution < 1.29 is 37.7 Å². The normalized spacial score (nSPS) is 12.7. The van der Waals surface area contributed by atoms with Crippen molar-refractivity contribution in [2.75, 3.05) is 18.5 Å². The van der Waals surface area contributed by atoms with Gasteiger partial charge in [0.1, 0.15) is 18.2 Å². The predicted octanol–water partition coefficient (Wildman–Crippen LogP) is 2.84. The first-order valence-electron chi connectivity index (χ1n) is 10.1. The van der Waals surface area contributed by atoms with Crippen LogP contribution in [0.25, 0.3) is 10.9 Å². The second kappa shape index (κ2) is 10.7. The van der Waals surface area contributed by atoms with E-state index < -0.39 is 36.7 Å². The fourth-order valence-corrected chi connectivity index (χ4v) is 3.26. The Kier molecular flexibility index (Phi) is 7.91. The largest absolute Gasteiger partial charge is 0.474 e. The van der Waals surface area contributed by atoms with Crippen LogP contribution in [0, 0.1) is 5.82 Å². The third-order valence-electron chi connectivity index (χ3n) is 4.73. The first-order chi connectivity index (χ1) is 16.1. The van der Waals surface area contributed by atoms with Gasteiger partial charge in [0.05, 0.1) is 41.5 Å². The van der Waals surface area contributed by atoms with Crippen LogP contribution in [0.3, 0.4) is 0 Å². The molecule has 0 saturated heterocycles. The Balaban J connectivity index is 1.75. The van der Waals surface area contributed by atoms with E-state index in [-0.39, 0.29) is 30.6 Å². The number of alkyl halides is 2. The van der Waals surface area contributed by atoms with Gasteiger partial charge in [-0.2, -0.15) is 8.78 Å². The lowest BCUT2D eigenvalue weighted by atomic mass is 9.92. The number of anilines is 1. The lowest BCUT2D eigenvalue weighted by Gasteiger charge is -2.30. The number of H-pyrrole nitrogens is 1. The van der Waals surface area contributed by atoms with Gasteiger partial charge in [0, 0.05) is 6.07 Å². The smallest absolute Gasteiger partial charge is 0.345 e. The molecule has 0 bridgehead atoms. The second-order valence-electron chi connectivity index (χ2n) is 7.78. The van der Waals surface area contributed by atoms with Crippen molar-refractivity contribution in [3.05, 3.63) is 47.4 Å². The summed E-state index contributed by atoms with van der Waals surface area (Å²) >= 11 is 0. The number of halogens is 3. The lowest BCUT2D eigenvalue weighted by Crippen LogP contribution is -2.44. The lowest BCUT2D eigenvalue weighted by molar-refractivity contribution is -0.133. The highest BCUT2D eigenvalue weighted by atomic mass is 19.3. The Morgan fingerprint density at radius 3 is 2.56 bits per heavy atom. The van der Waals surface area contributed by atoms with Crippen molar-refractivity contribution in [1.82, 2.24) is 20.5 Å². The molecule has 2 aromatic heterocycles. The molecule has 5 N–H and O–H groups in total. The minimum atomic E-state index is -2.92. The summed E-state index contributed by atoms with van der Waals surface area (Å²) in [6.07, 6.45) is 0. The number of hydrogen-bond donors (Lipinski definition) is 5. The van der Waals surface area contributed by atoms with Crippen molar-refractivity contribution in [3.63, 3.8) is 0 Å². The van der Waals surface area contributed by atoms with E-state index in [1.807, 2.05) is 0 Å². The van der Waals surface area contributed by atoms with Gasteiger partial charge in [-0.1, -0.05) is 12.1 Å². The molecule has 3 rings (SSSR count). The highest BCUT2D eigenvalue weighted by Crippen LogP contribution is 2.29.